The van der Waals surface area contributed by atoms with E-state index < -0.39 is 0 Å². The fourth-order valence-electron chi connectivity index (χ4n) is 2.25. The van der Waals surface area contributed by atoms with Gasteiger partial charge in [0.1, 0.15) is 0 Å². The van der Waals surface area contributed by atoms with Gasteiger partial charge in [0.05, 0.1) is 30.1 Å². The Morgan fingerprint density at radius 1 is 1.17 bits per heavy atom. The van der Waals surface area contributed by atoms with Crippen LogP contribution in [0.5, 0.6) is 5.88 Å². The first-order valence-electron chi connectivity index (χ1n) is 7.27. The Morgan fingerprint density at radius 3 is 2.58 bits per heavy atom. The summed E-state index contributed by atoms with van der Waals surface area (Å²) < 4.78 is 10.5. The topological polar surface area (TPSA) is 81.4 Å². The third kappa shape index (κ3) is 2.96. The number of hydrogen-bond acceptors (Lipinski definition) is 6. The van der Waals surface area contributed by atoms with E-state index in [9.17, 15) is 4.79 Å². The molecule has 0 saturated heterocycles. The molecule has 2 aromatic heterocycles. The molecule has 3 rings (SSSR count). The molecule has 1 aromatic carbocycles. The molecular weight excluding hydrogens is 308 g/mol. The predicted octanol–water partition coefficient (Wildman–Crippen LogP) is 2.73. The Bertz CT molecular complexity index is 858. The zero-order valence-electron chi connectivity index (χ0n) is 13.6. The molecule has 122 valence electrons. The van der Waals surface area contributed by atoms with Gasteiger partial charge in [-0.1, -0.05) is 12.1 Å². The first-order valence-corrected chi connectivity index (χ1v) is 7.27. The second-order valence-corrected chi connectivity index (χ2v) is 5.09. The highest BCUT2D eigenvalue weighted by Gasteiger charge is 2.20. The van der Waals surface area contributed by atoms with Crippen molar-refractivity contribution in [1.82, 2.24) is 15.2 Å². The molecule has 24 heavy (non-hydrogen) atoms. The highest BCUT2D eigenvalue weighted by molar-refractivity contribution is 6.09. The van der Waals surface area contributed by atoms with Crippen LogP contribution in [0.3, 0.4) is 0 Å². The molecule has 0 saturated carbocycles. The summed E-state index contributed by atoms with van der Waals surface area (Å²) in [6, 6.07) is 10.6. The minimum atomic E-state index is -0.201. The summed E-state index contributed by atoms with van der Waals surface area (Å²) in [6.45, 7) is 1.70. The molecule has 3 aromatic rings. The summed E-state index contributed by atoms with van der Waals surface area (Å²) in [4.78, 5) is 18.5. The van der Waals surface area contributed by atoms with E-state index in [1.165, 1.54) is 4.90 Å². The van der Waals surface area contributed by atoms with Gasteiger partial charge in [-0.05, 0) is 18.2 Å². The number of anilines is 1. The lowest BCUT2D eigenvalue weighted by molar-refractivity contribution is 0.0993. The number of nitrogens with zero attached hydrogens (tertiary/aromatic N) is 4. The number of benzene rings is 1. The number of methoxy groups -OCH3 is 1. The van der Waals surface area contributed by atoms with Crippen LogP contribution in [-0.2, 0) is 0 Å². The minimum Gasteiger partial charge on any atom is -0.481 e. The van der Waals surface area contributed by atoms with E-state index in [2.05, 4.69) is 15.2 Å². The fourth-order valence-corrected chi connectivity index (χ4v) is 2.25. The van der Waals surface area contributed by atoms with E-state index in [1.807, 2.05) is 6.07 Å². The van der Waals surface area contributed by atoms with E-state index in [4.69, 9.17) is 9.15 Å². The number of pyridine rings is 1. The Kier molecular flexibility index (Phi) is 4.24. The average Bonchev–Trinajstić information content (AvgIpc) is 3.07. The van der Waals surface area contributed by atoms with Crippen LogP contribution in [0.4, 0.5) is 5.69 Å². The van der Waals surface area contributed by atoms with E-state index >= 15 is 0 Å². The number of amides is 1. The zero-order chi connectivity index (χ0) is 17.1. The van der Waals surface area contributed by atoms with E-state index in [0.29, 0.717) is 34.5 Å². The van der Waals surface area contributed by atoms with Crippen LogP contribution in [-0.4, -0.2) is 35.2 Å². The molecule has 0 aliphatic rings. The molecule has 0 aliphatic carbocycles. The Morgan fingerprint density at radius 2 is 1.96 bits per heavy atom. The Labute approximate surface area is 138 Å². The second-order valence-electron chi connectivity index (χ2n) is 5.09. The summed E-state index contributed by atoms with van der Waals surface area (Å²) in [5.74, 6) is 1.05. The molecular formula is C17H16N4O3. The van der Waals surface area contributed by atoms with Gasteiger partial charge in [-0.2, -0.15) is 0 Å². The molecule has 0 radical (unpaired) electrons. The summed E-state index contributed by atoms with van der Waals surface area (Å²) in [5, 5.41) is 7.82. The van der Waals surface area contributed by atoms with Crippen LogP contribution in [0.1, 0.15) is 16.2 Å². The van der Waals surface area contributed by atoms with Crippen LogP contribution in [0.2, 0.25) is 0 Å². The Balaban J connectivity index is 1.94. The maximum absolute atomic E-state index is 12.9. The molecule has 0 atom stereocenters. The summed E-state index contributed by atoms with van der Waals surface area (Å²) in [5.41, 5.74) is 1.72. The van der Waals surface area contributed by atoms with Crippen molar-refractivity contribution < 1.29 is 13.9 Å². The lowest BCUT2D eigenvalue weighted by Gasteiger charge is -2.18. The van der Waals surface area contributed by atoms with Gasteiger partial charge in [-0.3, -0.25) is 4.79 Å². The van der Waals surface area contributed by atoms with Gasteiger partial charge in [0.15, 0.2) is 0 Å². The number of ether oxygens (including phenoxy) is 1. The van der Waals surface area contributed by atoms with Crippen molar-refractivity contribution in [3.05, 3.63) is 54.0 Å². The van der Waals surface area contributed by atoms with Crippen LogP contribution < -0.4 is 9.64 Å². The van der Waals surface area contributed by atoms with Gasteiger partial charge in [0.2, 0.25) is 17.7 Å². The Hall–Kier alpha value is -3.22. The molecule has 0 spiro atoms. The first-order chi connectivity index (χ1) is 11.6. The zero-order valence-corrected chi connectivity index (χ0v) is 13.6. The molecule has 0 aliphatic heterocycles. The monoisotopic (exact) mass is 324 g/mol. The van der Waals surface area contributed by atoms with Crippen molar-refractivity contribution in [1.29, 1.82) is 0 Å². The smallest absolute Gasteiger partial charge is 0.258 e. The van der Waals surface area contributed by atoms with E-state index in [0.717, 1.165) is 0 Å². The quantitative estimate of drug-likeness (QED) is 0.734. The molecule has 7 nitrogen and oxygen atoms in total. The molecule has 7 heteroatoms. The first kappa shape index (κ1) is 15.7. The molecule has 0 unspecified atom stereocenters. The van der Waals surface area contributed by atoms with Gasteiger partial charge in [-0.15, -0.1) is 10.2 Å². The lowest BCUT2D eigenvalue weighted by Crippen LogP contribution is -2.26. The summed E-state index contributed by atoms with van der Waals surface area (Å²) >= 11 is 0. The van der Waals surface area contributed by atoms with Crippen molar-refractivity contribution in [2.45, 2.75) is 6.92 Å². The number of carbonyl (C=O) groups is 1. The summed E-state index contributed by atoms with van der Waals surface area (Å²) in [6.07, 6.45) is 1.58. The number of carbonyl (C=O) groups excluding carboxylic acids is 1. The standard InChI is InChI=1S/C17H16N4O3/c1-11-19-20-16(24-11)13-6-4-5-7-14(13)17(22)21(2)12-8-9-15(23-3)18-10-12/h4-10H,1-3H3. The fraction of sp³-hybridized carbons (Fsp3) is 0.176. The predicted molar refractivity (Wildman–Crippen MR) is 88.0 cm³/mol. The number of rotatable bonds is 4. The van der Waals surface area contributed by atoms with Gasteiger partial charge < -0.3 is 14.1 Å². The highest BCUT2D eigenvalue weighted by Crippen LogP contribution is 2.25. The van der Waals surface area contributed by atoms with Gasteiger partial charge in [0, 0.05) is 20.0 Å². The third-order valence-corrected chi connectivity index (χ3v) is 3.54. The van der Waals surface area contributed by atoms with Crippen LogP contribution >= 0.6 is 0 Å². The van der Waals surface area contributed by atoms with Crippen LogP contribution in [0.25, 0.3) is 11.5 Å². The second kappa shape index (κ2) is 6.49. The van der Waals surface area contributed by atoms with Gasteiger partial charge >= 0.3 is 0 Å². The normalized spacial score (nSPS) is 10.5. The van der Waals surface area contributed by atoms with Gasteiger partial charge in [-0.25, -0.2) is 4.98 Å². The number of hydrogen-bond donors (Lipinski definition) is 0. The average molecular weight is 324 g/mol. The molecule has 1 amide bonds. The van der Waals surface area contributed by atoms with Crippen molar-refractivity contribution in [3.63, 3.8) is 0 Å². The number of aryl methyl sites for hydroxylation is 1. The van der Waals surface area contributed by atoms with Crippen molar-refractivity contribution in [2.75, 3.05) is 19.1 Å². The third-order valence-electron chi connectivity index (χ3n) is 3.54. The van der Waals surface area contributed by atoms with E-state index in [-0.39, 0.29) is 5.91 Å². The van der Waals surface area contributed by atoms with Crippen molar-refractivity contribution >= 4 is 11.6 Å². The van der Waals surface area contributed by atoms with Crippen molar-refractivity contribution in [2.24, 2.45) is 0 Å². The molecule has 0 fully saturated rings. The number of aromatic nitrogens is 3. The van der Waals surface area contributed by atoms with Gasteiger partial charge in [0.25, 0.3) is 5.91 Å². The molecule has 0 N–H and O–H groups in total. The van der Waals surface area contributed by atoms with Crippen LogP contribution in [0.15, 0.2) is 47.0 Å². The molecule has 2 heterocycles. The lowest BCUT2D eigenvalue weighted by atomic mass is 10.1. The molecule has 0 bridgehead atoms. The maximum atomic E-state index is 12.9. The minimum absolute atomic E-state index is 0.201. The summed E-state index contributed by atoms with van der Waals surface area (Å²) in [7, 11) is 3.22. The highest BCUT2D eigenvalue weighted by atomic mass is 16.5. The maximum Gasteiger partial charge on any atom is 0.258 e. The SMILES string of the molecule is COc1ccc(N(C)C(=O)c2ccccc2-c2nnc(C)o2)cn1. The van der Waals surface area contributed by atoms with E-state index in [1.54, 1.807) is 57.6 Å². The largest absolute Gasteiger partial charge is 0.481 e. The van der Waals surface area contributed by atoms with Crippen LogP contribution in [0, 0.1) is 6.92 Å². The van der Waals surface area contributed by atoms with Crippen molar-refractivity contribution in [3.8, 4) is 17.3 Å².